The number of ether oxygens (including phenoxy) is 1. The van der Waals surface area contributed by atoms with E-state index in [0.717, 1.165) is 21.9 Å². The number of carbonyl (C=O) groups is 2. The number of methoxy groups -OCH3 is 1. The predicted molar refractivity (Wildman–Crippen MR) is 108 cm³/mol. The van der Waals surface area contributed by atoms with Gasteiger partial charge in [-0.3, -0.25) is 9.59 Å². The van der Waals surface area contributed by atoms with E-state index in [0.29, 0.717) is 5.75 Å². The summed E-state index contributed by atoms with van der Waals surface area (Å²) in [6.45, 7) is 4.15. The third-order valence-corrected chi connectivity index (χ3v) is 5.62. The summed E-state index contributed by atoms with van der Waals surface area (Å²) < 4.78 is 5.20. The number of amides is 2. The second-order valence-electron chi connectivity index (χ2n) is 6.80. The van der Waals surface area contributed by atoms with Gasteiger partial charge < -0.3 is 15.0 Å². The lowest BCUT2D eigenvalue weighted by Gasteiger charge is -2.30. The number of benzene rings is 2. The summed E-state index contributed by atoms with van der Waals surface area (Å²) in [7, 11) is 1.63. The highest BCUT2D eigenvalue weighted by Gasteiger charge is 2.27. The maximum absolute atomic E-state index is 12.7. The van der Waals surface area contributed by atoms with Gasteiger partial charge in [0.15, 0.2) is 0 Å². The standard InChI is InChI=1S/C21H24N2O3S/c1-14(2)21(15-8-10-16(26-3)11-9-15)22-19(24)12-23-17-6-4-5-7-18(17)27-13-20(23)25/h4-11,14,21H,12-13H2,1-3H3,(H,22,24)/t21-/m1/s1. The fourth-order valence-electron chi connectivity index (χ4n) is 3.14. The van der Waals surface area contributed by atoms with E-state index in [4.69, 9.17) is 4.74 Å². The molecule has 3 rings (SSSR count). The Morgan fingerprint density at radius 1 is 1.19 bits per heavy atom. The molecule has 1 aliphatic rings. The quantitative estimate of drug-likeness (QED) is 0.826. The Balaban J connectivity index is 1.74. The monoisotopic (exact) mass is 384 g/mol. The molecule has 2 amide bonds. The van der Waals surface area contributed by atoms with Gasteiger partial charge in [-0.25, -0.2) is 0 Å². The van der Waals surface area contributed by atoms with Gasteiger partial charge in [0, 0.05) is 4.90 Å². The molecule has 0 saturated heterocycles. The highest BCUT2D eigenvalue weighted by atomic mass is 32.2. The Kier molecular flexibility index (Phi) is 6.06. The highest BCUT2D eigenvalue weighted by molar-refractivity contribution is 8.00. The number of thioether (sulfide) groups is 1. The SMILES string of the molecule is COc1ccc([C@H](NC(=O)CN2C(=O)CSc3ccccc32)C(C)C)cc1. The lowest BCUT2D eigenvalue weighted by Crippen LogP contribution is -2.44. The third kappa shape index (κ3) is 4.45. The summed E-state index contributed by atoms with van der Waals surface area (Å²) >= 11 is 1.51. The lowest BCUT2D eigenvalue weighted by molar-refractivity contribution is -0.123. The molecule has 1 aliphatic heterocycles. The van der Waals surface area contributed by atoms with Crippen LogP contribution in [0.3, 0.4) is 0 Å². The molecule has 2 aromatic carbocycles. The zero-order valence-corrected chi connectivity index (χ0v) is 16.6. The van der Waals surface area contributed by atoms with Crippen molar-refractivity contribution in [2.75, 3.05) is 24.3 Å². The summed E-state index contributed by atoms with van der Waals surface area (Å²) in [5.41, 5.74) is 1.82. The Labute approximate surface area is 164 Å². The van der Waals surface area contributed by atoms with Crippen molar-refractivity contribution >= 4 is 29.3 Å². The molecule has 1 heterocycles. The molecule has 0 bridgehead atoms. The van der Waals surface area contributed by atoms with Crippen LogP contribution in [0.1, 0.15) is 25.5 Å². The van der Waals surface area contributed by atoms with Gasteiger partial charge in [-0.2, -0.15) is 0 Å². The average molecular weight is 385 g/mol. The Morgan fingerprint density at radius 3 is 2.56 bits per heavy atom. The van der Waals surface area contributed by atoms with E-state index < -0.39 is 0 Å². The third-order valence-electron chi connectivity index (χ3n) is 4.57. The molecule has 0 unspecified atom stereocenters. The topological polar surface area (TPSA) is 58.6 Å². The van der Waals surface area contributed by atoms with E-state index in [-0.39, 0.29) is 30.3 Å². The first-order valence-electron chi connectivity index (χ1n) is 8.95. The van der Waals surface area contributed by atoms with E-state index in [1.165, 1.54) is 11.8 Å². The van der Waals surface area contributed by atoms with Crippen molar-refractivity contribution in [2.24, 2.45) is 5.92 Å². The molecule has 142 valence electrons. The van der Waals surface area contributed by atoms with Gasteiger partial charge in [0.25, 0.3) is 0 Å². The zero-order valence-electron chi connectivity index (χ0n) is 15.8. The van der Waals surface area contributed by atoms with Crippen LogP contribution in [0.25, 0.3) is 0 Å². The minimum atomic E-state index is -0.167. The largest absolute Gasteiger partial charge is 0.497 e. The molecule has 2 aromatic rings. The Bertz CT molecular complexity index is 820. The van der Waals surface area contributed by atoms with Gasteiger partial charge in [-0.1, -0.05) is 38.1 Å². The number of nitrogens with one attached hydrogen (secondary N) is 1. The van der Waals surface area contributed by atoms with Crippen LogP contribution in [-0.2, 0) is 9.59 Å². The Morgan fingerprint density at radius 2 is 1.89 bits per heavy atom. The van der Waals surface area contributed by atoms with Crippen LogP contribution in [-0.4, -0.2) is 31.2 Å². The van der Waals surface area contributed by atoms with Gasteiger partial charge in [-0.15, -0.1) is 11.8 Å². The van der Waals surface area contributed by atoms with E-state index in [9.17, 15) is 9.59 Å². The first-order chi connectivity index (χ1) is 13.0. The minimum absolute atomic E-state index is 0.0236. The number of nitrogens with zero attached hydrogens (tertiary/aromatic N) is 1. The van der Waals surface area contributed by atoms with E-state index in [1.807, 2.05) is 48.5 Å². The van der Waals surface area contributed by atoms with Gasteiger partial charge >= 0.3 is 0 Å². The summed E-state index contributed by atoms with van der Waals surface area (Å²) in [5, 5.41) is 3.09. The minimum Gasteiger partial charge on any atom is -0.497 e. The van der Waals surface area contributed by atoms with Gasteiger partial charge in [-0.05, 0) is 35.7 Å². The molecule has 0 aliphatic carbocycles. The van der Waals surface area contributed by atoms with Crippen LogP contribution >= 0.6 is 11.8 Å². The second kappa shape index (κ2) is 8.48. The highest BCUT2D eigenvalue weighted by Crippen LogP contribution is 2.34. The van der Waals surface area contributed by atoms with Crippen LogP contribution in [0.2, 0.25) is 0 Å². The number of para-hydroxylation sites is 1. The number of carbonyl (C=O) groups excluding carboxylic acids is 2. The van der Waals surface area contributed by atoms with Gasteiger partial charge in [0.2, 0.25) is 11.8 Å². The maximum Gasteiger partial charge on any atom is 0.240 e. The molecule has 0 saturated carbocycles. The average Bonchev–Trinajstić information content (AvgIpc) is 2.68. The molecular weight excluding hydrogens is 360 g/mol. The maximum atomic E-state index is 12.7. The van der Waals surface area contributed by atoms with Crippen molar-refractivity contribution < 1.29 is 14.3 Å². The van der Waals surface area contributed by atoms with Crippen molar-refractivity contribution in [3.05, 3.63) is 54.1 Å². The van der Waals surface area contributed by atoms with Gasteiger partial charge in [0.1, 0.15) is 12.3 Å². The molecule has 5 nitrogen and oxygen atoms in total. The zero-order chi connectivity index (χ0) is 19.4. The molecule has 0 spiro atoms. The summed E-state index contributed by atoms with van der Waals surface area (Å²) in [5.74, 6) is 1.14. The van der Waals surface area contributed by atoms with E-state index in [1.54, 1.807) is 12.0 Å². The number of hydrogen-bond donors (Lipinski definition) is 1. The number of anilines is 1. The van der Waals surface area contributed by atoms with Crippen molar-refractivity contribution in [3.8, 4) is 5.75 Å². The number of fused-ring (bicyclic) bond motifs is 1. The second-order valence-corrected chi connectivity index (χ2v) is 7.82. The molecule has 0 radical (unpaired) electrons. The van der Waals surface area contributed by atoms with Crippen LogP contribution in [0, 0.1) is 5.92 Å². The predicted octanol–water partition coefficient (Wildman–Crippen LogP) is 3.65. The van der Waals surface area contributed by atoms with Crippen molar-refractivity contribution in [2.45, 2.75) is 24.8 Å². The van der Waals surface area contributed by atoms with Gasteiger partial charge in [0.05, 0.1) is 24.6 Å². The lowest BCUT2D eigenvalue weighted by atomic mass is 9.96. The summed E-state index contributed by atoms with van der Waals surface area (Å²) in [6, 6.07) is 15.3. The molecule has 1 N–H and O–H groups in total. The van der Waals surface area contributed by atoms with Crippen molar-refractivity contribution in [3.63, 3.8) is 0 Å². The molecule has 1 atom stereocenters. The van der Waals surface area contributed by atoms with Crippen molar-refractivity contribution in [1.29, 1.82) is 0 Å². The van der Waals surface area contributed by atoms with Crippen LogP contribution in [0.4, 0.5) is 5.69 Å². The number of rotatable bonds is 6. The summed E-state index contributed by atoms with van der Waals surface area (Å²) in [4.78, 5) is 27.7. The first kappa shape index (κ1) is 19.3. The molecule has 0 aromatic heterocycles. The van der Waals surface area contributed by atoms with Crippen LogP contribution in [0.15, 0.2) is 53.4 Å². The normalized spacial score (nSPS) is 14.7. The number of hydrogen-bond acceptors (Lipinski definition) is 4. The molecule has 6 heteroatoms. The van der Waals surface area contributed by atoms with Crippen molar-refractivity contribution in [1.82, 2.24) is 5.32 Å². The van der Waals surface area contributed by atoms with Crippen LogP contribution in [0.5, 0.6) is 5.75 Å². The fourth-order valence-corrected chi connectivity index (χ4v) is 4.07. The Hall–Kier alpha value is -2.47. The fraction of sp³-hybridized carbons (Fsp3) is 0.333. The first-order valence-corrected chi connectivity index (χ1v) is 9.93. The molecule has 27 heavy (non-hydrogen) atoms. The van der Waals surface area contributed by atoms with E-state index >= 15 is 0 Å². The summed E-state index contributed by atoms with van der Waals surface area (Å²) in [6.07, 6.45) is 0. The smallest absolute Gasteiger partial charge is 0.240 e. The van der Waals surface area contributed by atoms with Crippen LogP contribution < -0.4 is 15.0 Å². The molecular formula is C21H24N2O3S. The molecule has 0 fully saturated rings. The van der Waals surface area contributed by atoms with E-state index in [2.05, 4.69) is 19.2 Å².